The number of rotatable bonds is 5. The number of anilines is 2. The van der Waals surface area contributed by atoms with Crippen molar-refractivity contribution in [3.8, 4) is 0 Å². The number of carbonyl (C=O) groups is 1. The smallest absolute Gasteiger partial charge is 0.274 e. The number of nitrogens with one attached hydrogen (secondary N) is 2. The Morgan fingerprint density at radius 1 is 0.962 bits per heavy atom. The largest absolute Gasteiger partial charge is 0.363 e. The lowest BCUT2D eigenvalue weighted by atomic mass is 10.1. The fourth-order valence-corrected chi connectivity index (χ4v) is 2.80. The second kappa shape index (κ2) is 7.78. The summed E-state index contributed by atoms with van der Waals surface area (Å²) in [5.74, 6) is 0.364. The van der Waals surface area contributed by atoms with Gasteiger partial charge in [0, 0.05) is 17.8 Å². The Hall–Kier alpha value is -3.21. The normalized spacial score (nSPS) is 11.7. The van der Waals surface area contributed by atoms with E-state index >= 15 is 0 Å². The van der Waals surface area contributed by atoms with Gasteiger partial charge in [0.25, 0.3) is 5.91 Å². The van der Waals surface area contributed by atoms with Crippen molar-refractivity contribution < 1.29 is 4.79 Å². The van der Waals surface area contributed by atoms with Crippen LogP contribution in [0.4, 0.5) is 11.5 Å². The van der Waals surface area contributed by atoms with Crippen molar-refractivity contribution in [1.29, 1.82) is 0 Å². The Bertz CT molecular complexity index is 889. The molecule has 2 N–H and O–H groups in total. The number of hydrogen-bond acceptors (Lipinski definition) is 4. The first-order valence-electron chi connectivity index (χ1n) is 8.55. The second-order valence-electron chi connectivity index (χ2n) is 6.29. The van der Waals surface area contributed by atoms with E-state index in [1.54, 1.807) is 6.07 Å². The van der Waals surface area contributed by atoms with Crippen LogP contribution in [-0.2, 0) is 0 Å². The Balaban J connectivity index is 1.75. The molecule has 0 saturated heterocycles. The van der Waals surface area contributed by atoms with Crippen molar-refractivity contribution in [2.75, 3.05) is 10.6 Å². The monoisotopic (exact) mass is 346 g/mol. The highest BCUT2D eigenvalue weighted by atomic mass is 16.1. The van der Waals surface area contributed by atoms with Crippen LogP contribution in [0, 0.1) is 13.8 Å². The van der Waals surface area contributed by atoms with Crippen molar-refractivity contribution in [2.45, 2.75) is 26.8 Å². The van der Waals surface area contributed by atoms with Crippen molar-refractivity contribution in [3.63, 3.8) is 0 Å². The Labute approximate surface area is 153 Å². The summed E-state index contributed by atoms with van der Waals surface area (Å²) in [6, 6.07) is 17.7. The molecule has 1 unspecified atom stereocenters. The summed E-state index contributed by atoms with van der Waals surface area (Å²) in [5, 5.41) is 6.26. The summed E-state index contributed by atoms with van der Waals surface area (Å²) < 4.78 is 0. The van der Waals surface area contributed by atoms with Gasteiger partial charge >= 0.3 is 0 Å². The molecule has 1 aromatic heterocycles. The third kappa shape index (κ3) is 4.06. The van der Waals surface area contributed by atoms with Gasteiger partial charge in [-0.2, -0.15) is 0 Å². The number of nitrogens with zero attached hydrogens (tertiary/aromatic N) is 2. The molecule has 0 spiro atoms. The van der Waals surface area contributed by atoms with Gasteiger partial charge in [0.15, 0.2) is 0 Å². The highest BCUT2D eigenvalue weighted by Gasteiger charge is 2.13. The molecule has 1 heterocycles. The summed E-state index contributed by atoms with van der Waals surface area (Å²) in [7, 11) is 0. The molecule has 1 amide bonds. The molecule has 3 rings (SSSR count). The molecule has 0 radical (unpaired) electrons. The van der Waals surface area contributed by atoms with E-state index in [0.717, 1.165) is 22.4 Å². The number of para-hydroxylation sites is 1. The van der Waals surface area contributed by atoms with Crippen LogP contribution in [0.15, 0.2) is 60.9 Å². The van der Waals surface area contributed by atoms with E-state index in [1.807, 2.05) is 69.3 Å². The van der Waals surface area contributed by atoms with E-state index in [9.17, 15) is 4.79 Å². The molecule has 2 aromatic carbocycles. The number of aryl methyl sites for hydroxylation is 2. The number of aromatic nitrogens is 2. The third-order valence-electron chi connectivity index (χ3n) is 4.28. The highest BCUT2D eigenvalue weighted by Crippen LogP contribution is 2.21. The average Bonchev–Trinajstić information content (AvgIpc) is 2.65. The van der Waals surface area contributed by atoms with Crippen LogP contribution in [-0.4, -0.2) is 15.9 Å². The molecule has 1 atom stereocenters. The van der Waals surface area contributed by atoms with Gasteiger partial charge in [0.1, 0.15) is 17.8 Å². The molecular formula is C21H22N4O. The van der Waals surface area contributed by atoms with Crippen molar-refractivity contribution >= 4 is 17.4 Å². The molecule has 0 aliphatic heterocycles. The number of hydrogen-bond donors (Lipinski definition) is 2. The van der Waals surface area contributed by atoms with E-state index in [-0.39, 0.29) is 11.9 Å². The zero-order valence-corrected chi connectivity index (χ0v) is 15.2. The summed E-state index contributed by atoms with van der Waals surface area (Å²) in [6.45, 7) is 5.99. The predicted octanol–water partition coefficient (Wildman–Crippen LogP) is 4.52. The van der Waals surface area contributed by atoms with Gasteiger partial charge in [-0.05, 0) is 37.5 Å². The Kier molecular flexibility index (Phi) is 5.27. The first-order chi connectivity index (χ1) is 12.5. The molecule has 0 aliphatic rings. The Morgan fingerprint density at radius 3 is 2.35 bits per heavy atom. The molecule has 132 valence electrons. The lowest BCUT2D eigenvalue weighted by Crippen LogP contribution is -2.16. The van der Waals surface area contributed by atoms with E-state index in [0.29, 0.717) is 11.5 Å². The van der Waals surface area contributed by atoms with Gasteiger partial charge < -0.3 is 10.6 Å². The van der Waals surface area contributed by atoms with E-state index in [2.05, 4.69) is 20.6 Å². The quantitative estimate of drug-likeness (QED) is 0.713. The number of amides is 1. The SMILES string of the molecule is Cc1cccc(C)c1NC(=O)c1cc(NC(C)c2ccccc2)ncn1. The third-order valence-corrected chi connectivity index (χ3v) is 4.28. The molecule has 5 nitrogen and oxygen atoms in total. The lowest BCUT2D eigenvalue weighted by molar-refractivity contribution is 0.102. The minimum Gasteiger partial charge on any atom is -0.363 e. The van der Waals surface area contributed by atoms with Gasteiger partial charge in [-0.3, -0.25) is 4.79 Å². The van der Waals surface area contributed by atoms with Crippen molar-refractivity contribution in [2.24, 2.45) is 0 Å². The Morgan fingerprint density at radius 2 is 1.65 bits per heavy atom. The summed E-state index contributed by atoms with van der Waals surface area (Å²) in [6.07, 6.45) is 1.40. The van der Waals surface area contributed by atoms with Crippen LogP contribution in [0.5, 0.6) is 0 Å². The van der Waals surface area contributed by atoms with Gasteiger partial charge in [-0.25, -0.2) is 9.97 Å². The maximum Gasteiger partial charge on any atom is 0.274 e. The molecule has 0 bridgehead atoms. The fraction of sp³-hybridized carbons (Fsp3) is 0.190. The van der Waals surface area contributed by atoms with Gasteiger partial charge in [0.05, 0.1) is 0 Å². The maximum atomic E-state index is 12.6. The van der Waals surface area contributed by atoms with E-state index in [4.69, 9.17) is 0 Å². The van der Waals surface area contributed by atoms with Crippen LogP contribution in [0.3, 0.4) is 0 Å². The minimum atomic E-state index is -0.250. The van der Waals surface area contributed by atoms with Crippen LogP contribution >= 0.6 is 0 Å². The standard InChI is InChI=1S/C21H22N4O/c1-14-8-7-9-15(2)20(14)25-21(26)18-12-19(23-13-22-18)24-16(3)17-10-5-4-6-11-17/h4-13,16H,1-3H3,(H,25,26)(H,22,23,24). The second-order valence-corrected chi connectivity index (χ2v) is 6.29. The van der Waals surface area contributed by atoms with Crippen molar-refractivity contribution in [3.05, 3.63) is 83.3 Å². The first kappa shape index (κ1) is 17.6. The van der Waals surface area contributed by atoms with Crippen LogP contribution < -0.4 is 10.6 Å². The molecule has 0 saturated carbocycles. The molecule has 26 heavy (non-hydrogen) atoms. The van der Waals surface area contributed by atoms with Crippen LogP contribution in [0.2, 0.25) is 0 Å². The number of benzene rings is 2. The maximum absolute atomic E-state index is 12.6. The molecule has 0 fully saturated rings. The van der Waals surface area contributed by atoms with Crippen LogP contribution in [0.25, 0.3) is 0 Å². The molecule has 5 heteroatoms. The van der Waals surface area contributed by atoms with Gasteiger partial charge in [0.2, 0.25) is 0 Å². The predicted molar refractivity (Wildman–Crippen MR) is 104 cm³/mol. The average molecular weight is 346 g/mol. The van der Waals surface area contributed by atoms with Crippen LogP contribution in [0.1, 0.15) is 40.1 Å². The zero-order valence-electron chi connectivity index (χ0n) is 15.2. The highest BCUT2D eigenvalue weighted by molar-refractivity contribution is 6.04. The lowest BCUT2D eigenvalue weighted by Gasteiger charge is -2.15. The number of carbonyl (C=O) groups excluding carboxylic acids is 1. The summed E-state index contributed by atoms with van der Waals surface area (Å²) >= 11 is 0. The molecule has 0 aliphatic carbocycles. The zero-order chi connectivity index (χ0) is 18.5. The fourth-order valence-electron chi connectivity index (χ4n) is 2.80. The summed E-state index contributed by atoms with van der Waals surface area (Å²) in [4.78, 5) is 20.9. The van der Waals surface area contributed by atoms with E-state index < -0.39 is 0 Å². The summed E-state index contributed by atoms with van der Waals surface area (Å²) in [5.41, 5.74) is 4.33. The molecule has 3 aromatic rings. The van der Waals surface area contributed by atoms with Gasteiger partial charge in [-0.1, -0.05) is 48.5 Å². The van der Waals surface area contributed by atoms with E-state index in [1.165, 1.54) is 6.33 Å². The molecular weight excluding hydrogens is 324 g/mol. The van der Waals surface area contributed by atoms with Gasteiger partial charge in [-0.15, -0.1) is 0 Å². The first-order valence-corrected chi connectivity index (χ1v) is 8.55. The minimum absolute atomic E-state index is 0.0700. The van der Waals surface area contributed by atoms with Crippen molar-refractivity contribution in [1.82, 2.24) is 9.97 Å². The topological polar surface area (TPSA) is 66.9 Å².